The van der Waals surface area contributed by atoms with Gasteiger partial charge < -0.3 is 19.1 Å². The van der Waals surface area contributed by atoms with E-state index >= 15 is 0 Å². The molecule has 2 aromatic rings. The topological polar surface area (TPSA) is 94.1 Å². The van der Waals surface area contributed by atoms with Gasteiger partial charge >= 0.3 is 12.2 Å². The number of likely N-dealkylation sites (tertiary alicyclic amines) is 1. The van der Waals surface area contributed by atoms with Crippen molar-refractivity contribution in [2.75, 3.05) is 32.8 Å². The molecule has 33 heavy (non-hydrogen) atoms. The van der Waals surface area contributed by atoms with E-state index in [2.05, 4.69) is 21.8 Å². The van der Waals surface area contributed by atoms with Gasteiger partial charge in [-0.25, -0.2) is 19.6 Å². The molecule has 2 aliphatic rings. The van der Waals surface area contributed by atoms with E-state index in [4.69, 9.17) is 25.8 Å². The molecule has 0 aliphatic carbocycles. The Morgan fingerprint density at radius 2 is 2.00 bits per heavy atom. The van der Waals surface area contributed by atoms with Crippen molar-refractivity contribution in [2.45, 2.75) is 44.9 Å². The molecule has 0 N–H and O–H groups in total. The Labute approximate surface area is 201 Å². The van der Waals surface area contributed by atoms with Gasteiger partial charge in [-0.1, -0.05) is 23.4 Å². The van der Waals surface area contributed by atoms with Crippen molar-refractivity contribution < 1.29 is 23.8 Å². The lowest BCUT2D eigenvalue weighted by Gasteiger charge is -2.27. The number of thiophene rings is 1. The summed E-state index contributed by atoms with van der Waals surface area (Å²) in [6.45, 7) is 7.58. The number of aromatic nitrogens is 2. The van der Waals surface area contributed by atoms with Crippen LogP contribution in [0.15, 0.2) is 12.4 Å². The molecule has 0 bridgehead atoms. The minimum atomic E-state index is -0.654. The van der Waals surface area contributed by atoms with Crippen molar-refractivity contribution in [3.8, 4) is 11.8 Å². The summed E-state index contributed by atoms with van der Waals surface area (Å²) >= 11 is 7.52. The van der Waals surface area contributed by atoms with E-state index in [0.717, 1.165) is 15.1 Å². The maximum atomic E-state index is 12.8. The summed E-state index contributed by atoms with van der Waals surface area (Å²) < 4.78 is 17.3. The van der Waals surface area contributed by atoms with Gasteiger partial charge in [-0.3, -0.25) is 4.90 Å². The Morgan fingerprint density at radius 3 is 2.70 bits per heavy atom. The van der Waals surface area contributed by atoms with Crippen LogP contribution in [-0.2, 0) is 14.2 Å². The molecule has 9 nitrogen and oxygen atoms in total. The molecule has 0 aromatic carbocycles. The van der Waals surface area contributed by atoms with Crippen LogP contribution in [0.2, 0.25) is 5.15 Å². The van der Waals surface area contributed by atoms with Gasteiger partial charge in [-0.2, -0.15) is 0 Å². The largest absolute Gasteiger partial charge is 0.444 e. The quantitative estimate of drug-likeness (QED) is 0.444. The van der Waals surface area contributed by atoms with Crippen LogP contribution in [-0.4, -0.2) is 82.5 Å². The summed E-state index contributed by atoms with van der Waals surface area (Å²) in [6.07, 6.45) is 0.433. The van der Waals surface area contributed by atoms with E-state index in [1.54, 1.807) is 25.7 Å². The number of carbonyl (C=O) groups is 2. The molecule has 0 unspecified atom stereocenters. The molecule has 176 valence electrons. The van der Waals surface area contributed by atoms with Crippen LogP contribution in [0.1, 0.15) is 32.1 Å². The molecule has 4 heterocycles. The van der Waals surface area contributed by atoms with Crippen molar-refractivity contribution in [3.05, 3.63) is 22.4 Å². The first-order valence-electron chi connectivity index (χ1n) is 10.6. The Bertz CT molecular complexity index is 1100. The molecule has 0 radical (unpaired) electrons. The molecule has 2 aliphatic heterocycles. The molecule has 2 saturated heterocycles. The van der Waals surface area contributed by atoms with Gasteiger partial charge in [0, 0.05) is 19.5 Å². The Morgan fingerprint density at radius 1 is 1.24 bits per heavy atom. The van der Waals surface area contributed by atoms with E-state index in [-0.39, 0.29) is 6.54 Å². The van der Waals surface area contributed by atoms with E-state index < -0.39 is 29.9 Å². The summed E-state index contributed by atoms with van der Waals surface area (Å²) in [5.41, 5.74) is 0.0652. The maximum Gasteiger partial charge on any atom is 0.411 e. The number of fused-ring (bicyclic) bond motifs is 1. The first-order valence-corrected chi connectivity index (χ1v) is 11.8. The molecule has 0 spiro atoms. The van der Waals surface area contributed by atoms with Crippen LogP contribution >= 0.6 is 22.9 Å². The average Bonchev–Trinajstić information content (AvgIpc) is 3.36. The number of rotatable bonds is 1. The number of hydrogen-bond acceptors (Lipinski definition) is 8. The van der Waals surface area contributed by atoms with Gasteiger partial charge in [0.15, 0.2) is 0 Å². The fraction of sp³-hybridized carbons (Fsp3) is 0.545. The molecule has 2 atom stereocenters. The lowest BCUT2D eigenvalue weighted by Crippen LogP contribution is -2.43. The fourth-order valence-corrected chi connectivity index (χ4v) is 4.66. The monoisotopic (exact) mass is 492 g/mol. The van der Waals surface area contributed by atoms with E-state index in [1.807, 2.05) is 6.07 Å². The van der Waals surface area contributed by atoms with Gasteiger partial charge in [0.05, 0.1) is 34.9 Å². The highest BCUT2D eigenvalue weighted by atomic mass is 35.5. The van der Waals surface area contributed by atoms with Gasteiger partial charge in [0.25, 0.3) is 0 Å². The third-order valence-corrected chi connectivity index (χ3v) is 6.50. The van der Waals surface area contributed by atoms with E-state index in [1.165, 1.54) is 22.6 Å². The van der Waals surface area contributed by atoms with Crippen LogP contribution in [0.3, 0.4) is 0 Å². The summed E-state index contributed by atoms with van der Waals surface area (Å²) in [6, 6.07) is 1.37. The lowest BCUT2D eigenvalue weighted by molar-refractivity contribution is 0.00952. The van der Waals surface area contributed by atoms with Gasteiger partial charge in [-0.15, -0.1) is 11.3 Å². The minimum absolute atomic E-state index is 0.216. The van der Waals surface area contributed by atoms with Crippen molar-refractivity contribution in [2.24, 2.45) is 0 Å². The zero-order valence-electron chi connectivity index (χ0n) is 18.7. The highest BCUT2D eigenvalue weighted by Gasteiger charge is 2.39. The van der Waals surface area contributed by atoms with Crippen LogP contribution in [0.25, 0.3) is 10.2 Å². The van der Waals surface area contributed by atoms with Crippen molar-refractivity contribution in [1.82, 2.24) is 19.8 Å². The molecule has 4 rings (SSSR count). The number of amides is 2. The summed E-state index contributed by atoms with van der Waals surface area (Å²) in [5, 5.41) is 0.379. The molecule has 0 saturated carbocycles. The van der Waals surface area contributed by atoms with Crippen molar-refractivity contribution in [3.63, 3.8) is 0 Å². The average molecular weight is 493 g/mol. The number of carbonyl (C=O) groups excluding carboxylic acids is 2. The molecule has 11 heteroatoms. The number of ether oxygens (including phenoxy) is 3. The predicted molar refractivity (Wildman–Crippen MR) is 123 cm³/mol. The number of nitrogens with zero attached hydrogens (tertiary/aromatic N) is 4. The Balaban J connectivity index is 1.51. The van der Waals surface area contributed by atoms with Crippen molar-refractivity contribution >= 4 is 45.3 Å². The second-order valence-corrected chi connectivity index (χ2v) is 10.2. The van der Waals surface area contributed by atoms with E-state index in [0.29, 0.717) is 37.9 Å². The van der Waals surface area contributed by atoms with Crippen molar-refractivity contribution in [1.29, 1.82) is 0 Å². The van der Waals surface area contributed by atoms with Gasteiger partial charge in [-0.05, 0) is 26.8 Å². The molecular weight excluding hydrogens is 468 g/mol. The normalized spacial score (nSPS) is 21.0. The van der Waals surface area contributed by atoms with Crippen LogP contribution in [0.5, 0.6) is 0 Å². The lowest BCUT2D eigenvalue weighted by atomic mass is 10.2. The number of halogens is 1. The fourth-order valence-electron chi connectivity index (χ4n) is 3.55. The Hall–Kier alpha value is -2.61. The maximum absolute atomic E-state index is 12.8. The van der Waals surface area contributed by atoms with Crippen LogP contribution in [0.4, 0.5) is 9.59 Å². The second-order valence-electron chi connectivity index (χ2n) is 8.75. The summed E-state index contributed by atoms with van der Waals surface area (Å²) in [4.78, 5) is 37.5. The molecule has 2 aromatic heterocycles. The minimum Gasteiger partial charge on any atom is -0.444 e. The second kappa shape index (κ2) is 9.71. The number of morpholine rings is 1. The third-order valence-electron chi connectivity index (χ3n) is 5.06. The Kier molecular flexibility index (Phi) is 6.93. The first-order chi connectivity index (χ1) is 15.7. The highest BCUT2D eigenvalue weighted by molar-refractivity contribution is 7.20. The summed E-state index contributed by atoms with van der Waals surface area (Å²) in [7, 11) is 0. The zero-order valence-corrected chi connectivity index (χ0v) is 20.2. The van der Waals surface area contributed by atoms with Gasteiger partial charge in [0.1, 0.15) is 29.2 Å². The van der Waals surface area contributed by atoms with Gasteiger partial charge in [0.2, 0.25) is 0 Å². The predicted octanol–water partition coefficient (Wildman–Crippen LogP) is 3.54. The summed E-state index contributed by atoms with van der Waals surface area (Å²) in [5.74, 6) is 6.26. The van der Waals surface area contributed by atoms with E-state index in [9.17, 15) is 9.59 Å². The molecular formula is C22H25ClN4O5S. The first kappa shape index (κ1) is 23.5. The third kappa shape index (κ3) is 5.85. The highest BCUT2D eigenvalue weighted by Crippen LogP contribution is 2.29. The van der Waals surface area contributed by atoms with Crippen LogP contribution < -0.4 is 0 Å². The zero-order chi connectivity index (χ0) is 23.6. The molecule has 2 amide bonds. The van der Waals surface area contributed by atoms with Crippen LogP contribution in [0, 0.1) is 11.8 Å². The molecule has 2 fully saturated rings. The SMILES string of the molecule is CC(C)(C)OC(=O)N1C[C@H](OC(=O)N2CCOCC2)C[C@H]1C#Cc1cc2ncnc(Cl)c2s1. The smallest absolute Gasteiger partial charge is 0.411 e. The standard InChI is InChI=1S/C22H25ClN4O5S/c1-22(2,3)32-21(29)27-12-15(31-20(28)26-6-8-30-9-7-26)10-14(27)4-5-16-11-17-18(33-16)19(23)25-13-24-17/h11,13-15H,6-10,12H2,1-3H3/t14-,15-/m1/s1. The number of hydrogen-bond donors (Lipinski definition) is 0.